The Morgan fingerprint density at radius 3 is 2.42 bits per heavy atom. The van der Waals surface area contributed by atoms with E-state index >= 15 is 0 Å². The molecule has 2 aromatic rings. The summed E-state index contributed by atoms with van der Waals surface area (Å²) < 4.78 is 10.8. The summed E-state index contributed by atoms with van der Waals surface area (Å²) in [6, 6.07) is 10.1. The second kappa shape index (κ2) is 7.79. The maximum absolute atomic E-state index is 12.5. The molecule has 0 saturated heterocycles. The number of nitrogens with one attached hydrogen (secondary N) is 1. The third-order valence-electron chi connectivity index (χ3n) is 4.82. The number of anilines is 1. The van der Waals surface area contributed by atoms with Gasteiger partial charge in [0, 0.05) is 18.8 Å². The average Bonchev–Trinajstić information content (AvgIpc) is 2.62. The molecule has 1 heterocycles. The minimum atomic E-state index is 0.0147. The summed E-state index contributed by atoms with van der Waals surface area (Å²) in [5.74, 6) is 1.50. The van der Waals surface area contributed by atoms with E-state index in [1.165, 1.54) is 16.7 Å². The van der Waals surface area contributed by atoms with Crippen molar-refractivity contribution in [1.82, 2.24) is 4.90 Å². The van der Waals surface area contributed by atoms with Crippen molar-refractivity contribution in [2.24, 2.45) is 0 Å². The monoisotopic (exact) mass is 354 g/mol. The summed E-state index contributed by atoms with van der Waals surface area (Å²) in [7, 11) is 3.29. The van der Waals surface area contributed by atoms with Gasteiger partial charge in [0.1, 0.15) is 0 Å². The lowest BCUT2D eigenvalue weighted by Crippen LogP contribution is -2.37. The molecule has 3 rings (SSSR count). The van der Waals surface area contributed by atoms with Crippen molar-refractivity contribution in [2.75, 3.05) is 32.6 Å². The van der Waals surface area contributed by atoms with Crippen LogP contribution in [-0.2, 0) is 17.8 Å². The van der Waals surface area contributed by atoms with Gasteiger partial charge in [-0.25, -0.2) is 0 Å². The molecule has 0 radical (unpaired) electrons. The van der Waals surface area contributed by atoms with Crippen molar-refractivity contribution < 1.29 is 14.3 Å². The molecule has 5 heteroatoms. The summed E-state index contributed by atoms with van der Waals surface area (Å²) in [5, 5.41) is 3.02. The Morgan fingerprint density at radius 1 is 1.08 bits per heavy atom. The number of carbonyl (C=O) groups is 1. The number of ether oxygens (including phenoxy) is 2. The van der Waals surface area contributed by atoms with Crippen molar-refractivity contribution >= 4 is 11.6 Å². The molecule has 0 fully saturated rings. The van der Waals surface area contributed by atoms with Gasteiger partial charge in [-0.15, -0.1) is 0 Å². The Labute approximate surface area is 154 Å². The minimum absolute atomic E-state index is 0.0147. The largest absolute Gasteiger partial charge is 0.493 e. The fourth-order valence-electron chi connectivity index (χ4n) is 3.42. The summed E-state index contributed by atoms with van der Waals surface area (Å²) in [6.07, 6.45) is 0.895. The number of nitrogens with zero attached hydrogens (tertiary/aromatic N) is 1. The van der Waals surface area contributed by atoms with Crippen LogP contribution in [0.3, 0.4) is 0 Å². The number of methoxy groups -OCH3 is 2. The first-order valence-electron chi connectivity index (χ1n) is 8.83. The molecule has 5 nitrogen and oxygen atoms in total. The van der Waals surface area contributed by atoms with Gasteiger partial charge in [0.2, 0.25) is 5.91 Å². The second-order valence-corrected chi connectivity index (χ2v) is 6.80. The van der Waals surface area contributed by atoms with Crippen molar-refractivity contribution in [3.63, 3.8) is 0 Å². The van der Waals surface area contributed by atoms with Gasteiger partial charge in [0.05, 0.1) is 20.8 Å². The Bertz CT molecular complexity index is 817. The first-order chi connectivity index (χ1) is 12.5. The highest BCUT2D eigenvalue weighted by Gasteiger charge is 2.21. The van der Waals surface area contributed by atoms with Crippen LogP contribution in [0.25, 0.3) is 0 Å². The van der Waals surface area contributed by atoms with Gasteiger partial charge in [-0.1, -0.05) is 17.7 Å². The predicted molar refractivity (Wildman–Crippen MR) is 103 cm³/mol. The first-order valence-corrected chi connectivity index (χ1v) is 8.83. The molecule has 1 aliphatic heterocycles. The lowest BCUT2D eigenvalue weighted by molar-refractivity contribution is -0.117. The van der Waals surface area contributed by atoms with E-state index in [0.29, 0.717) is 6.54 Å². The molecule has 138 valence electrons. The van der Waals surface area contributed by atoms with Crippen LogP contribution in [0.1, 0.15) is 22.3 Å². The van der Waals surface area contributed by atoms with Crippen LogP contribution in [0.4, 0.5) is 5.69 Å². The number of hydrogen-bond donors (Lipinski definition) is 1. The molecular weight excluding hydrogens is 328 g/mol. The van der Waals surface area contributed by atoms with Crippen molar-refractivity contribution in [3.8, 4) is 11.5 Å². The molecular formula is C21H26N2O3. The molecule has 0 atom stereocenters. The van der Waals surface area contributed by atoms with Gasteiger partial charge in [-0.3, -0.25) is 9.69 Å². The maximum atomic E-state index is 12.5. The Balaban J connectivity index is 1.66. The third-order valence-corrected chi connectivity index (χ3v) is 4.82. The summed E-state index contributed by atoms with van der Waals surface area (Å²) in [6.45, 7) is 6.02. The number of amides is 1. The summed E-state index contributed by atoms with van der Waals surface area (Å²) >= 11 is 0. The molecule has 0 aliphatic carbocycles. The highest BCUT2D eigenvalue weighted by Crippen LogP contribution is 2.33. The number of carbonyl (C=O) groups excluding carboxylic acids is 1. The molecule has 0 spiro atoms. The standard InChI is InChI=1S/C21H26N2O3/c1-14-5-6-18(15(2)9-14)22-21(24)13-23-8-7-16-10-19(25-3)20(26-4)11-17(16)12-23/h5-6,9-11H,7-8,12-13H2,1-4H3,(H,22,24). The van der Waals surface area contributed by atoms with Gasteiger partial charge in [0.15, 0.2) is 11.5 Å². The number of hydrogen-bond acceptors (Lipinski definition) is 4. The van der Waals surface area contributed by atoms with Crippen LogP contribution in [0.2, 0.25) is 0 Å². The average molecular weight is 354 g/mol. The number of rotatable bonds is 5. The maximum Gasteiger partial charge on any atom is 0.238 e. The Morgan fingerprint density at radius 2 is 1.77 bits per heavy atom. The highest BCUT2D eigenvalue weighted by molar-refractivity contribution is 5.93. The van der Waals surface area contributed by atoms with Gasteiger partial charge in [0.25, 0.3) is 0 Å². The second-order valence-electron chi connectivity index (χ2n) is 6.80. The molecule has 0 aromatic heterocycles. The van der Waals surface area contributed by atoms with Crippen LogP contribution < -0.4 is 14.8 Å². The zero-order valence-electron chi connectivity index (χ0n) is 15.9. The van der Waals surface area contributed by atoms with E-state index in [2.05, 4.69) is 16.3 Å². The predicted octanol–water partition coefficient (Wildman–Crippen LogP) is 3.32. The van der Waals surface area contributed by atoms with Gasteiger partial charge < -0.3 is 14.8 Å². The van der Waals surface area contributed by atoms with Gasteiger partial charge >= 0.3 is 0 Å². The quantitative estimate of drug-likeness (QED) is 0.895. The summed E-state index contributed by atoms with van der Waals surface area (Å²) in [5.41, 5.74) is 5.60. The van der Waals surface area contributed by atoms with Crippen LogP contribution in [0.5, 0.6) is 11.5 Å². The van der Waals surface area contributed by atoms with E-state index < -0.39 is 0 Å². The van der Waals surface area contributed by atoms with Crippen LogP contribution in [0, 0.1) is 13.8 Å². The van der Waals surface area contributed by atoms with E-state index in [0.717, 1.165) is 42.3 Å². The molecule has 26 heavy (non-hydrogen) atoms. The van der Waals surface area contributed by atoms with E-state index in [4.69, 9.17) is 9.47 Å². The molecule has 1 aliphatic rings. The molecule has 1 amide bonds. The third kappa shape index (κ3) is 3.99. The molecule has 0 saturated carbocycles. The zero-order chi connectivity index (χ0) is 18.7. The van der Waals surface area contributed by atoms with E-state index in [9.17, 15) is 4.79 Å². The van der Waals surface area contributed by atoms with Crippen molar-refractivity contribution in [2.45, 2.75) is 26.8 Å². The van der Waals surface area contributed by atoms with Gasteiger partial charge in [-0.2, -0.15) is 0 Å². The van der Waals surface area contributed by atoms with E-state index in [1.807, 2.05) is 38.1 Å². The fraction of sp³-hybridized carbons (Fsp3) is 0.381. The van der Waals surface area contributed by atoms with Crippen LogP contribution in [-0.4, -0.2) is 38.1 Å². The number of fused-ring (bicyclic) bond motifs is 1. The lowest BCUT2D eigenvalue weighted by atomic mass is 9.99. The Kier molecular flexibility index (Phi) is 5.47. The molecule has 1 N–H and O–H groups in total. The van der Waals surface area contributed by atoms with E-state index in [-0.39, 0.29) is 5.91 Å². The van der Waals surface area contributed by atoms with Crippen molar-refractivity contribution in [3.05, 3.63) is 52.6 Å². The van der Waals surface area contributed by atoms with Crippen LogP contribution in [0.15, 0.2) is 30.3 Å². The number of benzene rings is 2. The molecule has 0 bridgehead atoms. The molecule has 2 aromatic carbocycles. The van der Waals surface area contributed by atoms with Gasteiger partial charge in [-0.05, 0) is 55.2 Å². The smallest absolute Gasteiger partial charge is 0.238 e. The van der Waals surface area contributed by atoms with Crippen molar-refractivity contribution in [1.29, 1.82) is 0 Å². The SMILES string of the molecule is COc1cc2c(cc1OC)CN(CC(=O)Nc1ccc(C)cc1C)CC2. The van der Waals surface area contributed by atoms with Crippen LogP contribution >= 0.6 is 0 Å². The normalized spacial score (nSPS) is 13.8. The Hall–Kier alpha value is -2.53. The topological polar surface area (TPSA) is 50.8 Å². The number of aryl methyl sites for hydroxylation is 2. The minimum Gasteiger partial charge on any atom is -0.493 e. The van der Waals surface area contributed by atoms with E-state index in [1.54, 1.807) is 14.2 Å². The fourth-order valence-corrected chi connectivity index (χ4v) is 3.42. The first kappa shape index (κ1) is 18.3. The highest BCUT2D eigenvalue weighted by atomic mass is 16.5. The zero-order valence-corrected chi connectivity index (χ0v) is 15.9. The summed E-state index contributed by atoms with van der Waals surface area (Å²) in [4.78, 5) is 14.6. The molecule has 0 unspecified atom stereocenters. The lowest BCUT2D eigenvalue weighted by Gasteiger charge is -2.29.